The SMILES string of the molecule is CCOc1c(OC)cc(-c2n[nH]c3c2N2CCC3CC2)cc1[N+](=O)[O-]. The quantitative estimate of drug-likeness (QED) is 0.662. The molecule has 3 aliphatic rings. The molecule has 1 saturated heterocycles. The standard InChI is InChI=1S/C17H20N4O4/c1-3-25-17-12(21(22)23)8-11(9-13(17)24-2)15-16-14(18-19-15)10-4-6-20(16)7-5-10/h8-10H,3-7H2,1-2H3,(H,18,19). The van der Waals surface area contributed by atoms with E-state index in [1.807, 2.05) is 0 Å². The van der Waals surface area contributed by atoms with Crippen molar-refractivity contribution in [3.05, 3.63) is 27.9 Å². The molecule has 25 heavy (non-hydrogen) atoms. The summed E-state index contributed by atoms with van der Waals surface area (Å²) in [4.78, 5) is 13.4. The van der Waals surface area contributed by atoms with E-state index in [9.17, 15) is 10.1 Å². The highest BCUT2D eigenvalue weighted by atomic mass is 16.6. The number of benzene rings is 1. The van der Waals surface area contributed by atoms with Gasteiger partial charge in [-0.3, -0.25) is 15.2 Å². The van der Waals surface area contributed by atoms with Crippen LogP contribution in [0.1, 0.15) is 31.4 Å². The van der Waals surface area contributed by atoms with Crippen LogP contribution in [-0.4, -0.2) is 41.9 Å². The molecule has 0 spiro atoms. The van der Waals surface area contributed by atoms with Crippen LogP contribution in [0.15, 0.2) is 12.1 Å². The Balaban J connectivity index is 1.87. The maximum Gasteiger partial charge on any atom is 0.315 e. The van der Waals surface area contributed by atoms with Gasteiger partial charge < -0.3 is 14.4 Å². The molecule has 132 valence electrons. The molecule has 0 aliphatic carbocycles. The Labute approximate surface area is 144 Å². The van der Waals surface area contributed by atoms with Crippen LogP contribution in [0, 0.1) is 10.1 Å². The van der Waals surface area contributed by atoms with Crippen LogP contribution in [0.25, 0.3) is 11.3 Å². The van der Waals surface area contributed by atoms with Crippen molar-refractivity contribution in [2.45, 2.75) is 25.7 Å². The molecular weight excluding hydrogens is 324 g/mol. The molecule has 2 bridgehead atoms. The summed E-state index contributed by atoms with van der Waals surface area (Å²) in [6.07, 6.45) is 2.25. The first-order chi connectivity index (χ1) is 12.1. The van der Waals surface area contributed by atoms with Crippen molar-refractivity contribution in [2.24, 2.45) is 0 Å². The first-order valence-corrected chi connectivity index (χ1v) is 8.46. The van der Waals surface area contributed by atoms with Crippen LogP contribution in [-0.2, 0) is 0 Å². The Hall–Kier alpha value is -2.77. The molecule has 0 radical (unpaired) electrons. The summed E-state index contributed by atoms with van der Waals surface area (Å²) in [6, 6.07) is 3.28. The predicted molar refractivity (Wildman–Crippen MR) is 92.6 cm³/mol. The fourth-order valence-electron chi connectivity index (χ4n) is 3.85. The number of anilines is 1. The van der Waals surface area contributed by atoms with Crippen molar-refractivity contribution in [1.29, 1.82) is 0 Å². The van der Waals surface area contributed by atoms with Crippen LogP contribution >= 0.6 is 0 Å². The second-order valence-corrected chi connectivity index (χ2v) is 6.31. The fraction of sp³-hybridized carbons (Fsp3) is 0.471. The van der Waals surface area contributed by atoms with Gasteiger partial charge in [0.2, 0.25) is 5.75 Å². The molecule has 3 aliphatic heterocycles. The zero-order valence-corrected chi connectivity index (χ0v) is 14.2. The zero-order chi connectivity index (χ0) is 17.6. The normalized spacial score (nSPS) is 16.0. The van der Waals surface area contributed by atoms with E-state index >= 15 is 0 Å². The Kier molecular flexibility index (Phi) is 3.74. The number of hydrogen-bond acceptors (Lipinski definition) is 6. The highest BCUT2D eigenvalue weighted by Gasteiger charge is 2.36. The summed E-state index contributed by atoms with van der Waals surface area (Å²) in [5.41, 5.74) is 3.51. The number of nitro benzene ring substituents is 1. The van der Waals surface area contributed by atoms with Gasteiger partial charge in [-0.2, -0.15) is 5.10 Å². The predicted octanol–water partition coefficient (Wildman–Crippen LogP) is 3.09. The summed E-state index contributed by atoms with van der Waals surface area (Å²) in [5, 5.41) is 19.2. The number of ether oxygens (including phenoxy) is 2. The van der Waals surface area contributed by atoms with Gasteiger partial charge in [0.15, 0.2) is 5.75 Å². The lowest BCUT2D eigenvalue weighted by Gasteiger charge is -2.40. The van der Waals surface area contributed by atoms with Gasteiger partial charge in [0.05, 0.1) is 30.0 Å². The van der Waals surface area contributed by atoms with E-state index < -0.39 is 4.92 Å². The molecule has 1 aromatic heterocycles. The topological polar surface area (TPSA) is 93.5 Å². The Bertz CT molecular complexity index is 824. The third-order valence-corrected chi connectivity index (χ3v) is 5.00. The number of aromatic amines is 1. The second kappa shape index (κ2) is 5.94. The zero-order valence-electron chi connectivity index (χ0n) is 14.2. The van der Waals surface area contributed by atoms with Gasteiger partial charge in [0, 0.05) is 30.6 Å². The number of nitrogens with zero attached hydrogens (tertiary/aromatic N) is 3. The average molecular weight is 344 g/mol. The third kappa shape index (κ3) is 2.40. The van der Waals surface area contributed by atoms with Gasteiger partial charge in [-0.05, 0) is 25.8 Å². The first-order valence-electron chi connectivity index (χ1n) is 8.46. The van der Waals surface area contributed by atoms with Gasteiger partial charge in [-0.25, -0.2) is 0 Å². The highest BCUT2D eigenvalue weighted by Crippen LogP contribution is 2.48. The Morgan fingerprint density at radius 2 is 2.16 bits per heavy atom. The number of methoxy groups -OCH3 is 1. The minimum atomic E-state index is -0.442. The Morgan fingerprint density at radius 1 is 1.40 bits per heavy atom. The maximum atomic E-state index is 11.5. The summed E-state index contributed by atoms with van der Waals surface area (Å²) >= 11 is 0. The lowest BCUT2D eigenvalue weighted by atomic mass is 9.86. The minimum absolute atomic E-state index is 0.107. The molecule has 4 heterocycles. The number of piperidine rings is 1. The van der Waals surface area contributed by atoms with E-state index in [0.717, 1.165) is 43.0 Å². The molecular formula is C17H20N4O4. The molecule has 0 saturated carbocycles. The lowest BCUT2D eigenvalue weighted by Crippen LogP contribution is -2.38. The van der Waals surface area contributed by atoms with Crippen LogP contribution in [0.2, 0.25) is 0 Å². The van der Waals surface area contributed by atoms with E-state index in [1.165, 1.54) is 13.2 Å². The van der Waals surface area contributed by atoms with Gasteiger partial charge in [0.25, 0.3) is 0 Å². The van der Waals surface area contributed by atoms with Crippen molar-refractivity contribution < 1.29 is 14.4 Å². The molecule has 2 aromatic rings. The van der Waals surface area contributed by atoms with Crippen molar-refractivity contribution in [2.75, 3.05) is 31.7 Å². The maximum absolute atomic E-state index is 11.5. The van der Waals surface area contributed by atoms with Crippen LogP contribution in [0.3, 0.4) is 0 Å². The lowest BCUT2D eigenvalue weighted by molar-refractivity contribution is -0.385. The largest absolute Gasteiger partial charge is 0.493 e. The average Bonchev–Trinajstić information content (AvgIpc) is 3.10. The number of H-pyrrole nitrogens is 1. The molecule has 1 fully saturated rings. The minimum Gasteiger partial charge on any atom is -0.493 e. The number of fused-ring (bicyclic) bond motifs is 2. The van der Waals surface area contributed by atoms with Crippen LogP contribution in [0.4, 0.5) is 11.4 Å². The summed E-state index contributed by atoms with van der Waals surface area (Å²) in [6.45, 7) is 4.11. The first kappa shape index (κ1) is 15.7. The van der Waals surface area contributed by atoms with E-state index in [2.05, 4.69) is 15.1 Å². The highest BCUT2D eigenvalue weighted by molar-refractivity contribution is 5.82. The van der Waals surface area contributed by atoms with Crippen LogP contribution in [0.5, 0.6) is 11.5 Å². The number of nitro groups is 1. The van der Waals surface area contributed by atoms with Crippen molar-refractivity contribution >= 4 is 11.4 Å². The van der Waals surface area contributed by atoms with Crippen molar-refractivity contribution in [3.8, 4) is 22.8 Å². The molecule has 1 N–H and O–H groups in total. The van der Waals surface area contributed by atoms with Crippen LogP contribution < -0.4 is 14.4 Å². The van der Waals surface area contributed by atoms with E-state index in [4.69, 9.17) is 9.47 Å². The number of nitrogens with one attached hydrogen (secondary N) is 1. The summed E-state index contributed by atoms with van der Waals surface area (Å²) in [5.74, 6) is 1.00. The molecule has 8 heteroatoms. The Morgan fingerprint density at radius 3 is 2.80 bits per heavy atom. The summed E-state index contributed by atoms with van der Waals surface area (Å²) in [7, 11) is 1.48. The third-order valence-electron chi connectivity index (χ3n) is 5.00. The van der Waals surface area contributed by atoms with E-state index in [-0.39, 0.29) is 11.4 Å². The molecule has 1 aromatic carbocycles. The number of aromatic nitrogens is 2. The second-order valence-electron chi connectivity index (χ2n) is 6.31. The molecule has 5 rings (SSSR count). The fourth-order valence-corrected chi connectivity index (χ4v) is 3.85. The smallest absolute Gasteiger partial charge is 0.315 e. The van der Waals surface area contributed by atoms with Gasteiger partial charge >= 0.3 is 5.69 Å². The number of hydrogen-bond donors (Lipinski definition) is 1. The number of rotatable bonds is 5. The molecule has 0 atom stereocenters. The van der Waals surface area contributed by atoms with Gasteiger partial charge in [-0.15, -0.1) is 0 Å². The van der Waals surface area contributed by atoms with E-state index in [0.29, 0.717) is 23.8 Å². The molecule has 0 unspecified atom stereocenters. The van der Waals surface area contributed by atoms with Crippen molar-refractivity contribution in [1.82, 2.24) is 10.2 Å². The van der Waals surface area contributed by atoms with E-state index in [1.54, 1.807) is 13.0 Å². The summed E-state index contributed by atoms with van der Waals surface area (Å²) < 4.78 is 10.8. The molecule has 0 amide bonds. The van der Waals surface area contributed by atoms with Crippen molar-refractivity contribution in [3.63, 3.8) is 0 Å². The van der Waals surface area contributed by atoms with Gasteiger partial charge in [0.1, 0.15) is 5.69 Å². The molecule has 8 nitrogen and oxygen atoms in total. The monoisotopic (exact) mass is 344 g/mol. The van der Waals surface area contributed by atoms with Gasteiger partial charge in [-0.1, -0.05) is 0 Å².